The van der Waals surface area contributed by atoms with Gasteiger partial charge in [-0.25, -0.2) is 0 Å². The third-order valence-corrected chi connectivity index (χ3v) is 3.16. The lowest BCUT2D eigenvalue weighted by atomic mass is 10.1. The van der Waals surface area contributed by atoms with Gasteiger partial charge in [-0.2, -0.15) is 4.39 Å². The van der Waals surface area contributed by atoms with E-state index in [1.165, 1.54) is 6.07 Å². The molecule has 0 aliphatic carbocycles. The molecule has 0 fully saturated rings. The number of nitro groups is 1. The van der Waals surface area contributed by atoms with Gasteiger partial charge in [-0.3, -0.25) is 10.1 Å². The van der Waals surface area contributed by atoms with Crippen molar-refractivity contribution in [3.63, 3.8) is 0 Å². The molecule has 0 atom stereocenters. The predicted molar refractivity (Wildman–Crippen MR) is 73.3 cm³/mol. The normalized spacial score (nSPS) is 10.3. The largest absolute Gasteiger partial charge is 0.489 e. The zero-order valence-corrected chi connectivity index (χ0v) is 11.2. The Bertz CT molecular complexity index is 656. The fraction of sp³-hybridized carbons (Fsp3) is 0.200. The molecule has 0 N–H and O–H groups in total. The number of nitrogens with zero attached hydrogens (tertiary/aromatic N) is 1. The first-order valence-corrected chi connectivity index (χ1v) is 6.11. The Morgan fingerprint density at radius 1 is 1.25 bits per heavy atom. The number of benzene rings is 2. The third-order valence-electron chi connectivity index (χ3n) is 3.16. The summed E-state index contributed by atoms with van der Waals surface area (Å²) >= 11 is 0. The molecule has 0 amide bonds. The molecule has 2 aromatic carbocycles. The Labute approximate surface area is 116 Å². The Hall–Kier alpha value is -2.43. The fourth-order valence-corrected chi connectivity index (χ4v) is 1.83. The van der Waals surface area contributed by atoms with Gasteiger partial charge in [0.25, 0.3) is 0 Å². The maximum atomic E-state index is 13.5. The van der Waals surface area contributed by atoms with Crippen LogP contribution in [0.2, 0.25) is 0 Å². The maximum absolute atomic E-state index is 13.5. The van der Waals surface area contributed by atoms with E-state index in [1.807, 2.05) is 32.0 Å². The van der Waals surface area contributed by atoms with E-state index < -0.39 is 16.4 Å². The summed E-state index contributed by atoms with van der Waals surface area (Å²) in [5, 5.41) is 10.5. The van der Waals surface area contributed by atoms with Crippen LogP contribution in [-0.2, 0) is 6.61 Å². The molecule has 2 rings (SSSR count). The van der Waals surface area contributed by atoms with Gasteiger partial charge < -0.3 is 4.74 Å². The van der Waals surface area contributed by atoms with Crippen LogP contribution in [-0.4, -0.2) is 4.92 Å². The molecule has 0 bridgehead atoms. The molecule has 2 aromatic rings. The molecule has 104 valence electrons. The lowest BCUT2D eigenvalue weighted by molar-refractivity contribution is -0.387. The van der Waals surface area contributed by atoms with Crippen LogP contribution in [0, 0.1) is 29.8 Å². The number of ether oxygens (including phenoxy) is 1. The summed E-state index contributed by atoms with van der Waals surface area (Å²) in [6.45, 7) is 4.09. The monoisotopic (exact) mass is 275 g/mol. The highest BCUT2D eigenvalue weighted by Gasteiger charge is 2.14. The first kappa shape index (κ1) is 14.0. The van der Waals surface area contributed by atoms with Gasteiger partial charge in [-0.05, 0) is 48.7 Å². The molecule has 20 heavy (non-hydrogen) atoms. The molecular weight excluding hydrogens is 261 g/mol. The van der Waals surface area contributed by atoms with Crippen molar-refractivity contribution >= 4 is 5.69 Å². The molecule has 4 nitrogen and oxygen atoms in total. The van der Waals surface area contributed by atoms with E-state index in [-0.39, 0.29) is 6.61 Å². The summed E-state index contributed by atoms with van der Waals surface area (Å²) in [7, 11) is 0. The molecule has 0 saturated carbocycles. The minimum Gasteiger partial charge on any atom is -0.489 e. The topological polar surface area (TPSA) is 52.4 Å². The molecule has 0 saturated heterocycles. The molecule has 0 radical (unpaired) electrons. The SMILES string of the molecule is Cc1cccc(OCc2ccc([N+](=O)[O-])c(F)c2)c1C. The summed E-state index contributed by atoms with van der Waals surface area (Å²) in [5.74, 6) is -0.124. The second kappa shape index (κ2) is 5.69. The number of hydrogen-bond acceptors (Lipinski definition) is 3. The molecule has 0 unspecified atom stereocenters. The number of aryl methyl sites for hydroxylation is 1. The molecule has 0 aliphatic rings. The van der Waals surface area contributed by atoms with E-state index in [0.29, 0.717) is 5.56 Å². The molecule has 0 spiro atoms. The van der Waals surface area contributed by atoms with Gasteiger partial charge in [0, 0.05) is 6.07 Å². The van der Waals surface area contributed by atoms with E-state index >= 15 is 0 Å². The van der Waals surface area contributed by atoms with Gasteiger partial charge in [0.15, 0.2) is 0 Å². The van der Waals surface area contributed by atoms with Crippen molar-refractivity contribution < 1.29 is 14.1 Å². The van der Waals surface area contributed by atoms with Crippen molar-refractivity contribution in [2.24, 2.45) is 0 Å². The second-order valence-electron chi connectivity index (χ2n) is 4.53. The van der Waals surface area contributed by atoms with Crippen LogP contribution in [0.5, 0.6) is 5.75 Å². The van der Waals surface area contributed by atoms with Crippen molar-refractivity contribution in [3.8, 4) is 5.75 Å². The van der Waals surface area contributed by atoms with Crippen LogP contribution in [0.15, 0.2) is 36.4 Å². The summed E-state index contributed by atoms with van der Waals surface area (Å²) in [5.41, 5.74) is 2.15. The smallest absolute Gasteiger partial charge is 0.304 e. The lowest BCUT2D eigenvalue weighted by Gasteiger charge is -2.10. The van der Waals surface area contributed by atoms with Crippen LogP contribution >= 0.6 is 0 Å². The standard InChI is InChI=1S/C15H14FNO3/c1-10-4-3-5-15(11(10)2)20-9-12-6-7-14(17(18)19)13(16)8-12/h3-8H,9H2,1-2H3. The van der Waals surface area contributed by atoms with Gasteiger partial charge in [0.05, 0.1) is 4.92 Å². The van der Waals surface area contributed by atoms with Crippen LogP contribution in [0.1, 0.15) is 16.7 Å². The van der Waals surface area contributed by atoms with Gasteiger partial charge in [0.1, 0.15) is 12.4 Å². The Morgan fingerprint density at radius 2 is 2.00 bits per heavy atom. The zero-order valence-electron chi connectivity index (χ0n) is 11.2. The van der Waals surface area contributed by atoms with Gasteiger partial charge >= 0.3 is 5.69 Å². The van der Waals surface area contributed by atoms with Gasteiger partial charge in [0.2, 0.25) is 5.82 Å². The van der Waals surface area contributed by atoms with E-state index in [0.717, 1.165) is 29.0 Å². The number of halogens is 1. The van der Waals surface area contributed by atoms with E-state index in [9.17, 15) is 14.5 Å². The Kier molecular flexibility index (Phi) is 3.98. The van der Waals surface area contributed by atoms with Crippen molar-refractivity contribution in [3.05, 3.63) is 69.0 Å². The van der Waals surface area contributed by atoms with Crippen molar-refractivity contribution in [1.29, 1.82) is 0 Å². The zero-order chi connectivity index (χ0) is 14.7. The predicted octanol–water partition coefficient (Wildman–Crippen LogP) is 3.93. The Morgan fingerprint density at radius 3 is 2.65 bits per heavy atom. The maximum Gasteiger partial charge on any atom is 0.304 e. The minimum absolute atomic E-state index is 0.166. The summed E-state index contributed by atoms with van der Waals surface area (Å²) in [6, 6.07) is 9.47. The van der Waals surface area contributed by atoms with Gasteiger partial charge in [-0.15, -0.1) is 0 Å². The first-order valence-electron chi connectivity index (χ1n) is 6.11. The third kappa shape index (κ3) is 2.93. The molecule has 0 heterocycles. The molecule has 5 heteroatoms. The van der Waals surface area contributed by atoms with E-state index in [1.54, 1.807) is 0 Å². The fourth-order valence-electron chi connectivity index (χ4n) is 1.83. The molecular formula is C15H14FNO3. The molecule has 0 aliphatic heterocycles. The number of nitro benzene ring substituents is 1. The second-order valence-corrected chi connectivity index (χ2v) is 4.53. The highest BCUT2D eigenvalue weighted by molar-refractivity contribution is 5.39. The van der Waals surface area contributed by atoms with E-state index in [4.69, 9.17) is 4.74 Å². The number of hydrogen-bond donors (Lipinski definition) is 0. The Balaban J connectivity index is 2.13. The van der Waals surface area contributed by atoms with Crippen molar-refractivity contribution in [2.75, 3.05) is 0 Å². The van der Waals surface area contributed by atoms with Crippen LogP contribution in [0.4, 0.5) is 10.1 Å². The minimum atomic E-state index is -0.850. The van der Waals surface area contributed by atoms with Crippen LogP contribution in [0.25, 0.3) is 0 Å². The van der Waals surface area contributed by atoms with E-state index in [2.05, 4.69) is 0 Å². The average molecular weight is 275 g/mol. The number of rotatable bonds is 4. The first-order chi connectivity index (χ1) is 9.49. The summed E-state index contributed by atoms with van der Waals surface area (Å²) in [6.07, 6.45) is 0. The summed E-state index contributed by atoms with van der Waals surface area (Å²) < 4.78 is 19.1. The average Bonchev–Trinajstić information content (AvgIpc) is 2.40. The summed E-state index contributed by atoms with van der Waals surface area (Å²) in [4.78, 5) is 9.78. The van der Waals surface area contributed by atoms with Crippen LogP contribution < -0.4 is 4.74 Å². The highest BCUT2D eigenvalue weighted by Crippen LogP contribution is 2.23. The lowest BCUT2D eigenvalue weighted by Crippen LogP contribution is -2.00. The quantitative estimate of drug-likeness (QED) is 0.627. The van der Waals surface area contributed by atoms with Crippen molar-refractivity contribution in [1.82, 2.24) is 0 Å². The van der Waals surface area contributed by atoms with Crippen LogP contribution in [0.3, 0.4) is 0 Å². The molecule has 0 aromatic heterocycles. The highest BCUT2D eigenvalue weighted by atomic mass is 19.1. The van der Waals surface area contributed by atoms with Crippen molar-refractivity contribution in [2.45, 2.75) is 20.5 Å². The van der Waals surface area contributed by atoms with Gasteiger partial charge in [-0.1, -0.05) is 12.1 Å².